The minimum atomic E-state index is -0.326. The first kappa shape index (κ1) is 20.9. The van der Waals surface area contributed by atoms with E-state index in [-0.39, 0.29) is 22.7 Å². The van der Waals surface area contributed by atoms with Crippen molar-refractivity contribution in [2.75, 3.05) is 5.32 Å². The van der Waals surface area contributed by atoms with E-state index < -0.39 is 0 Å². The SMILES string of the molecule is O=C(NC(=S)Nc1ccc(O)c(-c2nc3cc(Cl)ccc3o2)c1)c1ccc2ccccc2c1. The van der Waals surface area contributed by atoms with Crippen LogP contribution in [-0.4, -0.2) is 21.1 Å². The number of nitrogens with one attached hydrogen (secondary N) is 2. The first-order valence-electron chi connectivity index (χ1n) is 9.97. The topological polar surface area (TPSA) is 87.4 Å². The van der Waals surface area contributed by atoms with Crippen LogP contribution in [0, 0.1) is 0 Å². The zero-order chi connectivity index (χ0) is 22.9. The molecule has 3 N–H and O–H groups in total. The first-order chi connectivity index (χ1) is 16.0. The smallest absolute Gasteiger partial charge is 0.257 e. The number of hydrogen-bond acceptors (Lipinski definition) is 5. The fraction of sp³-hybridized carbons (Fsp3) is 0. The van der Waals surface area contributed by atoms with Gasteiger partial charge in [0.05, 0.1) is 5.56 Å². The molecule has 0 bridgehead atoms. The highest BCUT2D eigenvalue weighted by atomic mass is 35.5. The molecule has 0 unspecified atom stereocenters. The maximum absolute atomic E-state index is 12.6. The van der Waals surface area contributed by atoms with Crippen LogP contribution >= 0.6 is 23.8 Å². The number of carbonyl (C=O) groups excluding carboxylic acids is 1. The second-order valence-corrected chi connectivity index (χ2v) is 8.18. The van der Waals surface area contributed by atoms with Crippen molar-refractivity contribution in [3.63, 3.8) is 0 Å². The Kier molecular flexibility index (Phi) is 5.42. The lowest BCUT2D eigenvalue weighted by Crippen LogP contribution is -2.34. The van der Waals surface area contributed by atoms with Crippen LogP contribution in [0.25, 0.3) is 33.3 Å². The first-order valence-corrected chi connectivity index (χ1v) is 10.8. The lowest BCUT2D eigenvalue weighted by Gasteiger charge is -2.11. The molecule has 5 rings (SSSR count). The van der Waals surface area contributed by atoms with Gasteiger partial charge in [-0.05, 0) is 71.5 Å². The number of carbonyl (C=O) groups is 1. The van der Waals surface area contributed by atoms with Crippen LogP contribution in [-0.2, 0) is 0 Å². The number of fused-ring (bicyclic) bond motifs is 2. The molecule has 0 aliphatic carbocycles. The molecule has 0 saturated heterocycles. The third kappa shape index (κ3) is 4.37. The molecule has 0 atom stereocenters. The molecule has 0 aliphatic rings. The average molecular weight is 474 g/mol. The minimum absolute atomic E-state index is 0.00989. The van der Waals surface area contributed by atoms with Gasteiger partial charge in [-0.15, -0.1) is 0 Å². The molecule has 162 valence electrons. The lowest BCUT2D eigenvalue weighted by molar-refractivity contribution is 0.0978. The van der Waals surface area contributed by atoms with E-state index in [1.54, 1.807) is 36.4 Å². The Labute approximate surface area is 198 Å². The Hall–Kier alpha value is -3.94. The summed E-state index contributed by atoms with van der Waals surface area (Å²) in [5.41, 5.74) is 2.54. The number of thiocarbonyl (C=S) groups is 1. The number of rotatable bonds is 3. The lowest BCUT2D eigenvalue weighted by atomic mass is 10.1. The van der Waals surface area contributed by atoms with Crippen molar-refractivity contribution in [2.24, 2.45) is 0 Å². The molecule has 0 saturated carbocycles. The Morgan fingerprint density at radius 2 is 1.79 bits per heavy atom. The van der Waals surface area contributed by atoms with Crippen molar-refractivity contribution in [2.45, 2.75) is 0 Å². The van der Waals surface area contributed by atoms with E-state index in [2.05, 4.69) is 15.6 Å². The molecule has 0 aliphatic heterocycles. The second-order valence-electron chi connectivity index (χ2n) is 7.33. The second kappa shape index (κ2) is 8.54. The quantitative estimate of drug-likeness (QED) is 0.216. The third-order valence-electron chi connectivity index (χ3n) is 5.07. The molecule has 0 fully saturated rings. The highest BCUT2D eigenvalue weighted by Crippen LogP contribution is 2.33. The number of aromatic hydroxyl groups is 1. The summed E-state index contributed by atoms with van der Waals surface area (Å²) in [6.07, 6.45) is 0. The number of anilines is 1. The van der Waals surface area contributed by atoms with E-state index in [1.165, 1.54) is 6.07 Å². The van der Waals surface area contributed by atoms with E-state index in [9.17, 15) is 9.90 Å². The van der Waals surface area contributed by atoms with Gasteiger partial charge < -0.3 is 14.8 Å². The standard InChI is InChI=1S/C25H16ClN3O3S/c26-17-7-10-22-20(12-17)28-24(32-22)19-13-18(8-9-21(19)30)27-25(33)29-23(31)16-6-5-14-3-1-2-4-15(14)11-16/h1-13,30H,(H2,27,29,31,33). The summed E-state index contributed by atoms with van der Waals surface area (Å²) in [6, 6.07) is 23.1. The van der Waals surface area contributed by atoms with Gasteiger partial charge in [0.15, 0.2) is 10.7 Å². The van der Waals surface area contributed by atoms with Gasteiger partial charge in [-0.1, -0.05) is 41.9 Å². The number of phenols is 1. The average Bonchev–Trinajstić information content (AvgIpc) is 3.22. The van der Waals surface area contributed by atoms with Gasteiger partial charge in [-0.25, -0.2) is 4.98 Å². The van der Waals surface area contributed by atoms with Crippen molar-refractivity contribution < 1.29 is 14.3 Å². The van der Waals surface area contributed by atoms with Gasteiger partial charge in [0, 0.05) is 16.3 Å². The molecule has 4 aromatic carbocycles. The van der Waals surface area contributed by atoms with Gasteiger partial charge >= 0.3 is 0 Å². The van der Waals surface area contributed by atoms with Crippen molar-refractivity contribution in [3.8, 4) is 17.2 Å². The molecule has 0 radical (unpaired) electrons. The molecule has 1 amide bonds. The van der Waals surface area contributed by atoms with Crippen LogP contribution in [0.3, 0.4) is 0 Å². The number of amides is 1. The van der Waals surface area contributed by atoms with Crippen molar-refractivity contribution >= 4 is 62.4 Å². The van der Waals surface area contributed by atoms with Crippen LogP contribution < -0.4 is 10.6 Å². The summed E-state index contributed by atoms with van der Waals surface area (Å²) in [5, 5.41) is 18.6. The number of phenolic OH excluding ortho intramolecular Hbond substituents is 1. The van der Waals surface area contributed by atoms with Gasteiger partial charge in [0.1, 0.15) is 11.3 Å². The van der Waals surface area contributed by atoms with Crippen molar-refractivity contribution in [3.05, 3.63) is 89.4 Å². The van der Waals surface area contributed by atoms with Crippen LogP contribution in [0.1, 0.15) is 10.4 Å². The molecule has 6 nitrogen and oxygen atoms in total. The maximum atomic E-state index is 12.6. The number of hydrogen-bond donors (Lipinski definition) is 3. The third-order valence-corrected chi connectivity index (χ3v) is 5.51. The van der Waals surface area contributed by atoms with Crippen LogP contribution in [0.2, 0.25) is 5.02 Å². The molecule has 1 aromatic heterocycles. The predicted octanol–water partition coefficient (Wildman–Crippen LogP) is 6.13. The summed E-state index contributed by atoms with van der Waals surface area (Å²) < 4.78 is 5.75. The number of nitrogens with zero attached hydrogens (tertiary/aromatic N) is 1. The molecule has 0 spiro atoms. The number of halogens is 1. The molecule has 8 heteroatoms. The van der Waals surface area contributed by atoms with Crippen LogP contribution in [0.15, 0.2) is 83.3 Å². The Bertz CT molecular complexity index is 1550. The summed E-state index contributed by atoms with van der Waals surface area (Å²) in [6.45, 7) is 0. The van der Waals surface area contributed by atoms with Crippen LogP contribution in [0.5, 0.6) is 5.75 Å². The Morgan fingerprint density at radius 3 is 2.64 bits per heavy atom. The van der Waals surface area contributed by atoms with E-state index in [1.807, 2.05) is 36.4 Å². The predicted molar refractivity (Wildman–Crippen MR) is 134 cm³/mol. The summed E-state index contributed by atoms with van der Waals surface area (Å²) in [7, 11) is 0. The highest BCUT2D eigenvalue weighted by Gasteiger charge is 2.15. The van der Waals surface area contributed by atoms with E-state index >= 15 is 0 Å². The molecule has 33 heavy (non-hydrogen) atoms. The number of aromatic nitrogens is 1. The monoisotopic (exact) mass is 473 g/mol. The van der Waals surface area contributed by atoms with Crippen molar-refractivity contribution in [1.82, 2.24) is 10.3 Å². The Balaban J connectivity index is 1.34. The zero-order valence-corrected chi connectivity index (χ0v) is 18.6. The Morgan fingerprint density at radius 1 is 0.970 bits per heavy atom. The van der Waals surface area contributed by atoms with E-state index in [0.29, 0.717) is 32.9 Å². The molecule has 5 aromatic rings. The number of benzene rings is 4. The zero-order valence-electron chi connectivity index (χ0n) is 17.0. The molecular weight excluding hydrogens is 458 g/mol. The fourth-order valence-electron chi connectivity index (χ4n) is 3.47. The maximum Gasteiger partial charge on any atom is 0.257 e. The minimum Gasteiger partial charge on any atom is -0.507 e. The van der Waals surface area contributed by atoms with Gasteiger partial charge in [-0.2, -0.15) is 0 Å². The van der Waals surface area contributed by atoms with E-state index in [0.717, 1.165) is 10.8 Å². The normalized spacial score (nSPS) is 10.9. The highest BCUT2D eigenvalue weighted by molar-refractivity contribution is 7.80. The van der Waals surface area contributed by atoms with Crippen LogP contribution in [0.4, 0.5) is 5.69 Å². The molecule has 1 heterocycles. The summed E-state index contributed by atoms with van der Waals surface area (Å²) in [5.74, 6) is -0.100. The fourth-order valence-corrected chi connectivity index (χ4v) is 3.85. The van der Waals surface area contributed by atoms with Gasteiger partial charge in [-0.3, -0.25) is 10.1 Å². The number of oxazole rings is 1. The van der Waals surface area contributed by atoms with Gasteiger partial charge in [0.25, 0.3) is 5.91 Å². The van der Waals surface area contributed by atoms with E-state index in [4.69, 9.17) is 28.2 Å². The summed E-state index contributed by atoms with van der Waals surface area (Å²) in [4.78, 5) is 17.0. The molecular formula is C25H16ClN3O3S. The van der Waals surface area contributed by atoms with Gasteiger partial charge in [0.2, 0.25) is 5.89 Å². The van der Waals surface area contributed by atoms with Crippen molar-refractivity contribution in [1.29, 1.82) is 0 Å². The summed E-state index contributed by atoms with van der Waals surface area (Å²) >= 11 is 11.3. The largest absolute Gasteiger partial charge is 0.507 e.